The normalized spacial score (nSPS) is 17.3. The van der Waals surface area contributed by atoms with Crippen LogP contribution in [0.15, 0.2) is 36.4 Å². The third kappa shape index (κ3) is 3.85. The summed E-state index contributed by atoms with van der Waals surface area (Å²) < 4.78 is 11.9. The Labute approximate surface area is 175 Å². The molecular weight excluding hydrogens is 384 g/mol. The molecule has 7 nitrogen and oxygen atoms in total. The molecule has 1 amide bonds. The Morgan fingerprint density at radius 1 is 1.13 bits per heavy atom. The van der Waals surface area contributed by atoms with Gasteiger partial charge in [0.15, 0.2) is 0 Å². The summed E-state index contributed by atoms with van der Waals surface area (Å²) >= 11 is 0. The van der Waals surface area contributed by atoms with Crippen LogP contribution in [0.1, 0.15) is 40.1 Å². The number of ether oxygens (including phenoxy) is 2. The SMILES string of the molecule is CN(C)C1CN(C(=O)c2ccc(Oc3cc(C(=O)O)cc4c3CC(C)(C)O4)cc2)C1. The molecule has 0 atom stereocenters. The standard InChI is InChI=1S/C23H26N2O5/c1-23(2)11-18-19(9-15(22(27)28)10-20(18)30-23)29-17-7-5-14(6-8-17)21(26)25-12-16(13-25)24(3)4/h5-10,16H,11-13H2,1-4H3,(H,27,28). The first-order valence-electron chi connectivity index (χ1n) is 9.96. The van der Waals surface area contributed by atoms with E-state index in [2.05, 4.69) is 4.90 Å². The van der Waals surface area contributed by atoms with Gasteiger partial charge < -0.3 is 24.4 Å². The zero-order valence-electron chi connectivity index (χ0n) is 17.6. The van der Waals surface area contributed by atoms with Crippen molar-refractivity contribution < 1.29 is 24.2 Å². The zero-order valence-corrected chi connectivity index (χ0v) is 17.6. The molecule has 2 aromatic rings. The number of hydrogen-bond donors (Lipinski definition) is 1. The number of amides is 1. The number of hydrogen-bond acceptors (Lipinski definition) is 5. The second-order valence-corrected chi connectivity index (χ2v) is 8.75. The van der Waals surface area contributed by atoms with Gasteiger partial charge in [-0.1, -0.05) is 0 Å². The van der Waals surface area contributed by atoms with Gasteiger partial charge in [-0.05, 0) is 64.3 Å². The van der Waals surface area contributed by atoms with Gasteiger partial charge in [0.2, 0.25) is 0 Å². The average Bonchev–Trinajstić information content (AvgIpc) is 2.94. The van der Waals surface area contributed by atoms with Gasteiger partial charge in [-0.25, -0.2) is 4.79 Å². The summed E-state index contributed by atoms with van der Waals surface area (Å²) in [6.07, 6.45) is 0.621. The van der Waals surface area contributed by atoms with Crippen molar-refractivity contribution in [2.24, 2.45) is 0 Å². The lowest BCUT2D eigenvalue weighted by Gasteiger charge is -2.42. The molecule has 0 aromatic heterocycles. The molecule has 2 aliphatic rings. The van der Waals surface area contributed by atoms with Crippen molar-refractivity contribution in [2.75, 3.05) is 27.2 Å². The Kier molecular flexibility index (Phi) is 4.94. The van der Waals surface area contributed by atoms with Crippen molar-refractivity contribution in [1.82, 2.24) is 9.80 Å². The molecular formula is C23H26N2O5. The Hall–Kier alpha value is -3.06. The van der Waals surface area contributed by atoms with E-state index in [4.69, 9.17) is 9.47 Å². The van der Waals surface area contributed by atoms with Crippen molar-refractivity contribution in [2.45, 2.75) is 31.9 Å². The van der Waals surface area contributed by atoms with Crippen LogP contribution in [0, 0.1) is 0 Å². The summed E-state index contributed by atoms with van der Waals surface area (Å²) in [5.41, 5.74) is 1.14. The number of aromatic carboxylic acids is 1. The van der Waals surface area contributed by atoms with Gasteiger partial charge in [-0.15, -0.1) is 0 Å². The minimum absolute atomic E-state index is 0.00330. The monoisotopic (exact) mass is 410 g/mol. The van der Waals surface area contributed by atoms with E-state index in [1.54, 1.807) is 24.3 Å². The molecule has 1 fully saturated rings. The van der Waals surface area contributed by atoms with Crippen LogP contribution in [0.4, 0.5) is 0 Å². The molecule has 0 aliphatic carbocycles. The summed E-state index contributed by atoms with van der Waals surface area (Å²) in [6, 6.07) is 10.4. The fourth-order valence-electron chi connectivity index (χ4n) is 3.78. The van der Waals surface area contributed by atoms with Gasteiger partial charge in [0.25, 0.3) is 5.91 Å². The van der Waals surface area contributed by atoms with Gasteiger partial charge in [0.1, 0.15) is 22.8 Å². The van der Waals surface area contributed by atoms with Gasteiger partial charge in [0.05, 0.1) is 5.56 Å². The lowest BCUT2D eigenvalue weighted by atomic mass is 10.00. The molecule has 158 valence electrons. The van der Waals surface area contributed by atoms with Crippen molar-refractivity contribution in [3.63, 3.8) is 0 Å². The van der Waals surface area contributed by atoms with Crippen molar-refractivity contribution in [1.29, 1.82) is 0 Å². The van der Waals surface area contributed by atoms with Gasteiger partial charge in [-0.2, -0.15) is 0 Å². The number of carbonyl (C=O) groups is 2. The van der Waals surface area contributed by atoms with Crippen molar-refractivity contribution in [3.8, 4) is 17.2 Å². The smallest absolute Gasteiger partial charge is 0.335 e. The minimum Gasteiger partial charge on any atom is -0.487 e. The van der Waals surface area contributed by atoms with E-state index in [-0.39, 0.29) is 11.5 Å². The van der Waals surface area contributed by atoms with E-state index in [1.165, 1.54) is 12.1 Å². The van der Waals surface area contributed by atoms with Gasteiger partial charge in [0, 0.05) is 36.7 Å². The van der Waals surface area contributed by atoms with E-state index in [0.717, 1.165) is 18.7 Å². The molecule has 0 spiro atoms. The quantitative estimate of drug-likeness (QED) is 0.815. The number of likely N-dealkylation sites (tertiary alicyclic amines) is 1. The number of carbonyl (C=O) groups excluding carboxylic acids is 1. The fraction of sp³-hybridized carbons (Fsp3) is 0.391. The highest BCUT2D eigenvalue weighted by Crippen LogP contribution is 2.43. The Morgan fingerprint density at radius 3 is 2.40 bits per heavy atom. The summed E-state index contributed by atoms with van der Waals surface area (Å²) in [5, 5.41) is 9.41. The summed E-state index contributed by atoms with van der Waals surface area (Å²) in [6.45, 7) is 5.37. The number of rotatable bonds is 5. The van der Waals surface area contributed by atoms with Crippen LogP contribution < -0.4 is 9.47 Å². The number of fused-ring (bicyclic) bond motifs is 1. The predicted octanol–water partition coefficient (Wildman–Crippen LogP) is 3.28. The minimum atomic E-state index is -1.04. The predicted molar refractivity (Wildman–Crippen MR) is 112 cm³/mol. The molecule has 2 aliphatic heterocycles. The number of carboxylic acids is 1. The van der Waals surface area contributed by atoms with Crippen LogP contribution in [-0.2, 0) is 6.42 Å². The third-order valence-electron chi connectivity index (χ3n) is 5.61. The Balaban J connectivity index is 1.52. The highest BCUT2D eigenvalue weighted by Gasteiger charge is 2.34. The summed E-state index contributed by atoms with van der Waals surface area (Å²) in [5.74, 6) is 0.503. The summed E-state index contributed by atoms with van der Waals surface area (Å²) in [7, 11) is 4.03. The Bertz CT molecular complexity index is 991. The molecule has 4 rings (SSSR count). The highest BCUT2D eigenvalue weighted by molar-refractivity contribution is 5.95. The fourth-order valence-corrected chi connectivity index (χ4v) is 3.78. The number of carboxylic acid groups (broad SMARTS) is 1. The first kappa shape index (κ1) is 20.2. The molecule has 1 N–H and O–H groups in total. The number of benzene rings is 2. The molecule has 2 heterocycles. The number of nitrogens with zero attached hydrogens (tertiary/aromatic N) is 2. The lowest BCUT2D eigenvalue weighted by Crippen LogP contribution is -2.59. The van der Waals surface area contributed by atoms with Crippen LogP contribution in [0.3, 0.4) is 0 Å². The van der Waals surface area contributed by atoms with Crippen LogP contribution >= 0.6 is 0 Å². The average molecular weight is 410 g/mol. The molecule has 0 bridgehead atoms. The van der Waals surface area contributed by atoms with Crippen molar-refractivity contribution in [3.05, 3.63) is 53.1 Å². The van der Waals surface area contributed by atoms with Crippen LogP contribution in [0.2, 0.25) is 0 Å². The molecule has 30 heavy (non-hydrogen) atoms. The maximum absolute atomic E-state index is 12.6. The maximum atomic E-state index is 12.6. The van der Waals surface area contributed by atoms with E-state index >= 15 is 0 Å². The van der Waals surface area contributed by atoms with Crippen LogP contribution in [0.25, 0.3) is 0 Å². The molecule has 1 saturated heterocycles. The number of likely N-dealkylation sites (N-methyl/N-ethyl adjacent to an activating group) is 1. The molecule has 7 heteroatoms. The van der Waals surface area contributed by atoms with E-state index < -0.39 is 11.6 Å². The van der Waals surface area contributed by atoms with E-state index in [1.807, 2.05) is 32.8 Å². The molecule has 0 saturated carbocycles. The van der Waals surface area contributed by atoms with Gasteiger partial charge in [-0.3, -0.25) is 4.79 Å². The summed E-state index contributed by atoms with van der Waals surface area (Å²) in [4.78, 5) is 28.0. The van der Waals surface area contributed by atoms with E-state index in [0.29, 0.717) is 35.3 Å². The molecule has 2 aromatic carbocycles. The van der Waals surface area contributed by atoms with Crippen molar-refractivity contribution >= 4 is 11.9 Å². The largest absolute Gasteiger partial charge is 0.487 e. The zero-order chi connectivity index (χ0) is 21.6. The second kappa shape index (κ2) is 7.32. The first-order chi connectivity index (χ1) is 14.1. The molecule has 0 unspecified atom stereocenters. The Morgan fingerprint density at radius 2 is 1.80 bits per heavy atom. The topological polar surface area (TPSA) is 79.3 Å². The van der Waals surface area contributed by atoms with Crippen LogP contribution in [0.5, 0.6) is 17.2 Å². The second-order valence-electron chi connectivity index (χ2n) is 8.75. The first-order valence-corrected chi connectivity index (χ1v) is 9.96. The highest BCUT2D eigenvalue weighted by atomic mass is 16.5. The molecule has 0 radical (unpaired) electrons. The maximum Gasteiger partial charge on any atom is 0.335 e. The van der Waals surface area contributed by atoms with E-state index in [9.17, 15) is 14.7 Å². The van der Waals surface area contributed by atoms with Crippen LogP contribution in [-0.4, -0.2) is 65.6 Å². The lowest BCUT2D eigenvalue weighted by molar-refractivity contribution is 0.0399. The third-order valence-corrected chi connectivity index (χ3v) is 5.61. The van der Waals surface area contributed by atoms with Gasteiger partial charge >= 0.3 is 5.97 Å².